The van der Waals surface area contributed by atoms with Crippen molar-refractivity contribution in [1.82, 2.24) is 0 Å². The van der Waals surface area contributed by atoms with E-state index in [-0.39, 0.29) is 10.9 Å². The minimum absolute atomic E-state index is 0.249. The number of hydrogen-bond donors (Lipinski definition) is 1. The first-order chi connectivity index (χ1) is 10.7. The standard InChI is InChI=1S/C20H26OS/c1-3-7-15-9-10-17-16(8-4-2)14-19(21)20(18(17)13-15)22-11-5-6-12-22/h9-10,13-14H,3-8,11-12H2,1-2H3/p+1. The fourth-order valence-electron chi connectivity index (χ4n) is 3.59. The molecular weight excluding hydrogens is 288 g/mol. The lowest BCUT2D eigenvalue weighted by Crippen LogP contribution is -2.06. The Morgan fingerprint density at radius 1 is 0.955 bits per heavy atom. The van der Waals surface area contributed by atoms with Crippen LogP contribution in [0.25, 0.3) is 10.8 Å². The van der Waals surface area contributed by atoms with E-state index in [1.807, 2.05) is 6.07 Å². The Balaban J connectivity index is 2.20. The second-order valence-corrected chi connectivity index (χ2v) is 8.58. The first-order valence-corrected chi connectivity index (χ1v) is 10.3. The number of hydrogen-bond acceptors (Lipinski definition) is 1. The monoisotopic (exact) mass is 315 g/mol. The van der Waals surface area contributed by atoms with E-state index in [1.54, 1.807) is 0 Å². The van der Waals surface area contributed by atoms with Crippen LogP contribution in [0.5, 0.6) is 5.75 Å². The first-order valence-electron chi connectivity index (χ1n) is 8.69. The van der Waals surface area contributed by atoms with Crippen molar-refractivity contribution >= 4 is 21.7 Å². The van der Waals surface area contributed by atoms with Crippen molar-refractivity contribution in [2.45, 2.75) is 57.3 Å². The van der Waals surface area contributed by atoms with Gasteiger partial charge >= 0.3 is 0 Å². The Labute approximate surface area is 137 Å². The predicted octanol–water partition coefficient (Wildman–Crippen LogP) is 5.22. The van der Waals surface area contributed by atoms with Gasteiger partial charge in [-0.3, -0.25) is 0 Å². The third-order valence-corrected chi connectivity index (χ3v) is 7.17. The molecule has 22 heavy (non-hydrogen) atoms. The van der Waals surface area contributed by atoms with Crippen molar-refractivity contribution in [3.8, 4) is 5.75 Å². The van der Waals surface area contributed by atoms with Crippen LogP contribution in [0.2, 0.25) is 0 Å². The second-order valence-electron chi connectivity index (χ2n) is 6.37. The number of phenolic OH excluding ortho intramolecular Hbond substituents is 1. The highest BCUT2D eigenvalue weighted by Crippen LogP contribution is 2.39. The third-order valence-electron chi connectivity index (χ3n) is 4.60. The SMILES string of the molecule is CCCc1ccc2c(CCC)cc(O)c([S+]3CCCC3)c2c1. The van der Waals surface area contributed by atoms with Crippen molar-refractivity contribution in [3.05, 3.63) is 35.4 Å². The molecule has 1 aliphatic rings. The summed E-state index contributed by atoms with van der Waals surface area (Å²) in [6.07, 6.45) is 7.10. The highest BCUT2D eigenvalue weighted by atomic mass is 32.2. The summed E-state index contributed by atoms with van der Waals surface area (Å²) in [6, 6.07) is 8.99. The maximum absolute atomic E-state index is 10.7. The Kier molecular flexibility index (Phi) is 4.97. The van der Waals surface area contributed by atoms with Crippen molar-refractivity contribution in [3.63, 3.8) is 0 Å². The minimum atomic E-state index is 0.249. The van der Waals surface area contributed by atoms with E-state index >= 15 is 0 Å². The molecule has 0 atom stereocenters. The Morgan fingerprint density at radius 3 is 2.36 bits per heavy atom. The number of phenols is 1. The van der Waals surface area contributed by atoms with Gasteiger partial charge in [-0.1, -0.05) is 38.8 Å². The normalized spacial score (nSPS) is 15.7. The maximum Gasteiger partial charge on any atom is 0.204 e. The molecule has 0 aliphatic carbocycles. The molecule has 2 heteroatoms. The van der Waals surface area contributed by atoms with Gasteiger partial charge in [0.05, 0.1) is 0 Å². The Bertz CT molecular complexity index is 656. The predicted molar refractivity (Wildman–Crippen MR) is 98.2 cm³/mol. The summed E-state index contributed by atoms with van der Waals surface area (Å²) < 4.78 is 0. The molecule has 0 amide bonds. The van der Waals surface area contributed by atoms with Gasteiger partial charge in [0.25, 0.3) is 0 Å². The largest absolute Gasteiger partial charge is 0.503 e. The summed E-state index contributed by atoms with van der Waals surface area (Å²) >= 11 is 0. The number of aromatic hydroxyl groups is 1. The zero-order valence-corrected chi connectivity index (χ0v) is 14.6. The topological polar surface area (TPSA) is 20.2 Å². The molecule has 0 spiro atoms. The van der Waals surface area contributed by atoms with Gasteiger partial charge in [-0.05, 0) is 54.3 Å². The molecule has 0 bridgehead atoms. The van der Waals surface area contributed by atoms with Crippen molar-refractivity contribution < 1.29 is 5.11 Å². The molecule has 1 aliphatic heterocycles. The molecule has 1 saturated heterocycles. The molecule has 2 aromatic carbocycles. The van der Waals surface area contributed by atoms with E-state index < -0.39 is 0 Å². The maximum atomic E-state index is 10.7. The summed E-state index contributed by atoms with van der Waals surface area (Å²) in [6.45, 7) is 4.44. The highest BCUT2D eigenvalue weighted by molar-refractivity contribution is 7.97. The van der Waals surface area contributed by atoms with Crippen molar-refractivity contribution in [2.75, 3.05) is 11.5 Å². The summed E-state index contributed by atoms with van der Waals surface area (Å²) in [5.74, 6) is 3.07. The average Bonchev–Trinajstić information content (AvgIpc) is 3.01. The summed E-state index contributed by atoms with van der Waals surface area (Å²) in [5.41, 5.74) is 2.72. The number of rotatable bonds is 5. The molecule has 1 fully saturated rings. The van der Waals surface area contributed by atoms with Gasteiger partial charge in [0, 0.05) is 16.3 Å². The number of aryl methyl sites for hydroxylation is 2. The zero-order chi connectivity index (χ0) is 15.5. The number of fused-ring (bicyclic) bond motifs is 1. The fourth-order valence-corrected chi connectivity index (χ4v) is 6.14. The summed E-state index contributed by atoms with van der Waals surface area (Å²) in [7, 11) is 0.249. The zero-order valence-electron chi connectivity index (χ0n) is 13.8. The molecule has 0 saturated carbocycles. The smallest absolute Gasteiger partial charge is 0.204 e. The molecule has 1 heterocycles. The molecule has 0 aromatic heterocycles. The summed E-state index contributed by atoms with van der Waals surface area (Å²) in [5, 5.41) is 13.4. The quantitative estimate of drug-likeness (QED) is 0.750. The van der Waals surface area contributed by atoms with Gasteiger partial charge in [-0.25, -0.2) is 0 Å². The van der Waals surface area contributed by atoms with Crippen molar-refractivity contribution in [2.24, 2.45) is 0 Å². The average molecular weight is 316 g/mol. The van der Waals surface area contributed by atoms with E-state index in [4.69, 9.17) is 0 Å². The molecule has 118 valence electrons. The van der Waals surface area contributed by atoms with Crippen LogP contribution in [-0.2, 0) is 23.7 Å². The van der Waals surface area contributed by atoms with Crippen LogP contribution in [0.3, 0.4) is 0 Å². The minimum Gasteiger partial charge on any atom is -0.503 e. The second kappa shape index (κ2) is 6.95. The van der Waals surface area contributed by atoms with Crippen molar-refractivity contribution in [1.29, 1.82) is 0 Å². The fraction of sp³-hybridized carbons (Fsp3) is 0.500. The molecule has 1 N–H and O–H groups in total. The first kappa shape index (κ1) is 15.7. The van der Waals surface area contributed by atoms with Crippen LogP contribution in [0, 0.1) is 0 Å². The van der Waals surface area contributed by atoms with E-state index in [9.17, 15) is 5.11 Å². The molecule has 2 aromatic rings. The lowest BCUT2D eigenvalue weighted by atomic mass is 9.97. The van der Waals surface area contributed by atoms with Crippen LogP contribution >= 0.6 is 0 Å². The molecule has 1 nitrogen and oxygen atoms in total. The van der Waals surface area contributed by atoms with Crippen LogP contribution < -0.4 is 0 Å². The van der Waals surface area contributed by atoms with Crippen LogP contribution in [0.15, 0.2) is 29.2 Å². The van der Waals surface area contributed by atoms with Crippen LogP contribution in [0.1, 0.15) is 50.7 Å². The van der Waals surface area contributed by atoms with Gasteiger partial charge in [0.2, 0.25) is 4.90 Å². The molecule has 0 radical (unpaired) electrons. The van der Waals surface area contributed by atoms with Gasteiger partial charge < -0.3 is 5.11 Å². The van der Waals surface area contributed by atoms with Gasteiger partial charge in [0.15, 0.2) is 5.75 Å². The van der Waals surface area contributed by atoms with E-state index in [2.05, 4.69) is 32.0 Å². The molecular formula is C20H27OS+. The lowest BCUT2D eigenvalue weighted by molar-refractivity contribution is 0.463. The third kappa shape index (κ3) is 2.99. The van der Waals surface area contributed by atoms with Crippen LogP contribution in [0.4, 0.5) is 0 Å². The van der Waals surface area contributed by atoms with Gasteiger partial charge in [-0.15, -0.1) is 0 Å². The highest BCUT2D eigenvalue weighted by Gasteiger charge is 2.32. The van der Waals surface area contributed by atoms with Crippen LogP contribution in [-0.4, -0.2) is 16.6 Å². The number of benzene rings is 2. The van der Waals surface area contributed by atoms with E-state index in [0.29, 0.717) is 5.75 Å². The van der Waals surface area contributed by atoms with Gasteiger partial charge in [0.1, 0.15) is 11.5 Å². The lowest BCUT2D eigenvalue weighted by Gasteiger charge is -2.13. The Morgan fingerprint density at radius 2 is 1.68 bits per heavy atom. The summed E-state index contributed by atoms with van der Waals surface area (Å²) in [4.78, 5) is 1.25. The van der Waals surface area contributed by atoms with E-state index in [0.717, 1.165) is 19.3 Å². The molecule has 3 rings (SSSR count). The molecule has 0 unspecified atom stereocenters. The van der Waals surface area contributed by atoms with E-state index in [1.165, 1.54) is 57.6 Å². The Hall–Kier alpha value is -1.15. The van der Waals surface area contributed by atoms with Gasteiger partial charge in [-0.2, -0.15) is 0 Å².